The van der Waals surface area contributed by atoms with E-state index in [1.807, 2.05) is 0 Å². The Bertz CT molecular complexity index is 2920. The van der Waals surface area contributed by atoms with Gasteiger partial charge in [-0.1, -0.05) is 194 Å². The molecule has 0 aliphatic heterocycles. The second kappa shape index (κ2) is 15.5. The van der Waals surface area contributed by atoms with Crippen LogP contribution in [0.1, 0.15) is 0 Å². The van der Waals surface area contributed by atoms with Gasteiger partial charge in [0, 0.05) is 16.7 Å². The van der Waals surface area contributed by atoms with E-state index in [0.717, 1.165) is 61.1 Å². The van der Waals surface area contributed by atoms with Crippen molar-refractivity contribution in [3.63, 3.8) is 0 Å². The van der Waals surface area contributed by atoms with Crippen molar-refractivity contribution < 1.29 is 0 Å². The molecule has 0 aliphatic carbocycles. The van der Waals surface area contributed by atoms with Crippen molar-refractivity contribution >= 4 is 10.8 Å². The van der Waals surface area contributed by atoms with Gasteiger partial charge in [-0.05, 0) is 103 Å². The topological polar surface area (TPSA) is 25.8 Å². The lowest BCUT2D eigenvalue weighted by Gasteiger charge is -2.15. The van der Waals surface area contributed by atoms with Gasteiger partial charge in [0.15, 0.2) is 5.82 Å². The van der Waals surface area contributed by atoms with Gasteiger partial charge in [0.25, 0.3) is 0 Å². The van der Waals surface area contributed by atoms with E-state index in [2.05, 4.69) is 231 Å². The maximum Gasteiger partial charge on any atom is 0.161 e. The number of aromatic nitrogens is 2. The first-order valence-corrected chi connectivity index (χ1v) is 19.7. The molecule has 9 aromatic carbocycles. The minimum Gasteiger partial charge on any atom is -0.228 e. The fourth-order valence-corrected chi connectivity index (χ4v) is 7.87. The zero-order valence-corrected chi connectivity index (χ0v) is 31.8. The molecule has 2 nitrogen and oxygen atoms in total. The first-order chi connectivity index (χ1) is 28.7. The molecule has 0 aliphatic rings. The van der Waals surface area contributed by atoms with E-state index in [1.54, 1.807) is 0 Å². The molecule has 0 amide bonds. The van der Waals surface area contributed by atoms with Gasteiger partial charge >= 0.3 is 0 Å². The molecule has 0 spiro atoms. The van der Waals surface area contributed by atoms with Gasteiger partial charge in [-0.2, -0.15) is 0 Å². The van der Waals surface area contributed by atoms with Crippen LogP contribution in [0.3, 0.4) is 0 Å². The van der Waals surface area contributed by atoms with Gasteiger partial charge in [0.05, 0.1) is 11.4 Å². The first-order valence-electron chi connectivity index (χ1n) is 19.7. The van der Waals surface area contributed by atoms with E-state index in [4.69, 9.17) is 9.97 Å². The lowest BCUT2D eigenvalue weighted by Crippen LogP contribution is -1.97. The molecule has 1 aromatic heterocycles. The Hall–Kier alpha value is -7.68. The second-order valence-corrected chi connectivity index (χ2v) is 14.6. The first kappa shape index (κ1) is 34.8. The summed E-state index contributed by atoms with van der Waals surface area (Å²) in [5.41, 5.74) is 16.4. The molecular weight excluding hydrogens is 701 g/mol. The Morgan fingerprint density at radius 3 is 1.16 bits per heavy atom. The van der Waals surface area contributed by atoms with Crippen LogP contribution in [0, 0.1) is 0 Å². The van der Waals surface area contributed by atoms with Crippen molar-refractivity contribution in [2.75, 3.05) is 0 Å². The third-order valence-corrected chi connectivity index (χ3v) is 10.9. The normalized spacial score (nSPS) is 11.1. The highest BCUT2D eigenvalue weighted by atomic mass is 14.9. The Labute approximate surface area is 339 Å². The Balaban J connectivity index is 1.17. The van der Waals surface area contributed by atoms with Gasteiger partial charge in [-0.3, -0.25) is 0 Å². The number of nitrogens with zero attached hydrogens (tertiary/aromatic N) is 2. The molecule has 10 aromatic rings. The molecule has 272 valence electrons. The fraction of sp³-hybridized carbons (Fsp3) is 0. The smallest absolute Gasteiger partial charge is 0.161 e. The number of hydrogen-bond acceptors (Lipinski definition) is 2. The molecule has 0 saturated heterocycles. The summed E-state index contributed by atoms with van der Waals surface area (Å²) in [6, 6.07) is 81.9. The van der Waals surface area contributed by atoms with E-state index < -0.39 is 0 Å². The molecule has 0 N–H and O–H groups in total. The van der Waals surface area contributed by atoms with E-state index in [-0.39, 0.29) is 0 Å². The number of fused-ring (bicyclic) bond motifs is 1. The summed E-state index contributed by atoms with van der Waals surface area (Å²) >= 11 is 0. The molecule has 0 bridgehead atoms. The zero-order chi connectivity index (χ0) is 38.7. The molecule has 0 atom stereocenters. The van der Waals surface area contributed by atoms with Crippen molar-refractivity contribution in [3.8, 4) is 89.5 Å². The zero-order valence-electron chi connectivity index (χ0n) is 31.8. The maximum absolute atomic E-state index is 5.40. The van der Waals surface area contributed by atoms with E-state index in [0.29, 0.717) is 5.82 Å². The van der Waals surface area contributed by atoms with Crippen molar-refractivity contribution in [2.24, 2.45) is 0 Å². The van der Waals surface area contributed by atoms with Crippen LogP contribution in [-0.4, -0.2) is 9.97 Å². The summed E-state index contributed by atoms with van der Waals surface area (Å²) in [5.74, 6) is 0.695. The summed E-state index contributed by atoms with van der Waals surface area (Å²) in [4.78, 5) is 10.7. The summed E-state index contributed by atoms with van der Waals surface area (Å²) in [6.45, 7) is 0. The van der Waals surface area contributed by atoms with E-state index in [1.165, 1.54) is 33.4 Å². The predicted molar refractivity (Wildman–Crippen MR) is 243 cm³/mol. The molecule has 0 unspecified atom stereocenters. The Morgan fingerprint density at radius 1 is 0.224 bits per heavy atom. The van der Waals surface area contributed by atoms with Crippen molar-refractivity contribution in [2.45, 2.75) is 0 Å². The van der Waals surface area contributed by atoms with Crippen LogP contribution in [0.4, 0.5) is 0 Å². The SMILES string of the molecule is c1ccc(-c2ccc(-c3cc(-c4cc(-c5cccc(-c6ccccc6)c5)cc(-c5cccc(-c6ccccc6)c5)c4)nc(-c4cccc5ccccc45)n3)cc2)cc1. The summed E-state index contributed by atoms with van der Waals surface area (Å²) < 4.78 is 0. The van der Waals surface area contributed by atoms with Crippen LogP contribution in [-0.2, 0) is 0 Å². The highest BCUT2D eigenvalue weighted by Crippen LogP contribution is 2.38. The van der Waals surface area contributed by atoms with Crippen LogP contribution in [0.5, 0.6) is 0 Å². The quantitative estimate of drug-likeness (QED) is 0.155. The van der Waals surface area contributed by atoms with E-state index in [9.17, 15) is 0 Å². The Morgan fingerprint density at radius 2 is 0.586 bits per heavy atom. The van der Waals surface area contributed by atoms with Crippen molar-refractivity contribution in [3.05, 3.63) is 231 Å². The van der Waals surface area contributed by atoms with Gasteiger partial charge in [-0.15, -0.1) is 0 Å². The summed E-state index contributed by atoms with van der Waals surface area (Å²) in [6.07, 6.45) is 0. The lowest BCUT2D eigenvalue weighted by molar-refractivity contribution is 1.19. The average molecular weight is 739 g/mol. The van der Waals surface area contributed by atoms with Crippen LogP contribution < -0.4 is 0 Å². The lowest BCUT2D eigenvalue weighted by atomic mass is 9.92. The summed E-state index contributed by atoms with van der Waals surface area (Å²) in [7, 11) is 0. The highest BCUT2D eigenvalue weighted by molar-refractivity contribution is 5.96. The van der Waals surface area contributed by atoms with Gasteiger partial charge in [-0.25, -0.2) is 9.97 Å². The largest absolute Gasteiger partial charge is 0.228 e. The molecule has 1 heterocycles. The van der Waals surface area contributed by atoms with E-state index >= 15 is 0 Å². The molecule has 0 fully saturated rings. The second-order valence-electron chi connectivity index (χ2n) is 14.6. The fourth-order valence-electron chi connectivity index (χ4n) is 7.87. The van der Waals surface area contributed by atoms with Gasteiger partial charge < -0.3 is 0 Å². The number of rotatable bonds is 8. The predicted octanol–water partition coefficient (Wildman–Crippen LogP) is 15.0. The third kappa shape index (κ3) is 7.11. The van der Waals surface area contributed by atoms with Crippen LogP contribution in [0.15, 0.2) is 231 Å². The van der Waals surface area contributed by atoms with Crippen molar-refractivity contribution in [1.82, 2.24) is 9.97 Å². The molecule has 0 saturated carbocycles. The van der Waals surface area contributed by atoms with Crippen molar-refractivity contribution in [1.29, 1.82) is 0 Å². The molecule has 0 radical (unpaired) electrons. The van der Waals surface area contributed by atoms with Crippen LogP contribution in [0.25, 0.3) is 100 Å². The van der Waals surface area contributed by atoms with Gasteiger partial charge in [0.2, 0.25) is 0 Å². The third-order valence-electron chi connectivity index (χ3n) is 10.9. The van der Waals surface area contributed by atoms with Crippen LogP contribution >= 0.6 is 0 Å². The maximum atomic E-state index is 5.40. The van der Waals surface area contributed by atoms with Gasteiger partial charge in [0.1, 0.15) is 0 Å². The molecular formula is C56H38N2. The minimum absolute atomic E-state index is 0.695. The highest BCUT2D eigenvalue weighted by Gasteiger charge is 2.16. The average Bonchev–Trinajstić information content (AvgIpc) is 3.32. The standard InChI is InChI=1S/C56H38N2/c1-4-15-39(16-5-1)42-29-31-44(32-30-42)54-38-55(58-56(57-54)53-28-14-22-43-21-10-11-27-52(43)53)51-36-49(47-25-12-23-45(33-47)40-17-6-2-7-18-40)35-50(37-51)48-26-13-24-46(34-48)41-19-8-3-9-20-41/h1-38H. The summed E-state index contributed by atoms with van der Waals surface area (Å²) in [5, 5.41) is 2.28. The number of hydrogen-bond donors (Lipinski definition) is 0. The minimum atomic E-state index is 0.695. The molecule has 2 heteroatoms. The molecule has 10 rings (SSSR count). The molecule has 58 heavy (non-hydrogen) atoms. The van der Waals surface area contributed by atoms with Crippen LogP contribution in [0.2, 0.25) is 0 Å². The monoisotopic (exact) mass is 738 g/mol. The Kier molecular flexibility index (Phi) is 9.27. The number of benzene rings is 9.